The molecule has 1 aromatic heterocycles. The zero-order valence-electron chi connectivity index (χ0n) is 23.7. The van der Waals surface area contributed by atoms with Gasteiger partial charge in [-0.3, -0.25) is 9.78 Å². The fourth-order valence-electron chi connectivity index (χ4n) is 5.11. The number of ether oxygens (including phenoxy) is 2. The van der Waals surface area contributed by atoms with Crippen LogP contribution in [0.5, 0.6) is 0 Å². The molecule has 0 bridgehead atoms. The van der Waals surface area contributed by atoms with E-state index in [2.05, 4.69) is 29.5 Å². The number of nitrogens with zero attached hydrogens (tertiary/aromatic N) is 1. The minimum atomic E-state index is -0.653. The van der Waals surface area contributed by atoms with Crippen molar-refractivity contribution in [3.05, 3.63) is 95.1 Å². The lowest BCUT2D eigenvalue weighted by atomic mass is 9.81. The number of aromatic nitrogens is 1. The van der Waals surface area contributed by atoms with Gasteiger partial charge in [-0.1, -0.05) is 45.0 Å². The lowest BCUT2D eigenvalue weighted by Crippen LogP contribution is -2.46. The van der Waals surface area contributed by atoms with Crippen LogP contribution in [0, 0.1) is 29.3 Å². The number of hydrogen-bond donors (Lipinski definition) is 2. The Labute approximate surface area is 239 Å². The summed E-state index contributed by atoms with van der Waals surface area (Å²) in [6.45, 7) is 8.42. The molecule has 1 amide bonds. The summed E-state index contributed by atoms with van der Waals surface area (Å²) in [6, 6.07) is 11.8. The van der Waals surface area contributed by atoms with Gasteiger partial charge in [-0.15, -0.1) is 0 Å². The fraction of sp³-hybridized carbons (Fsp3) is 0.438. The SMILES string of the molecule is CC(C)COC[C@@H]1CNC[C@@H](CCc2c(F)cncc2NC(=O)[C@@H](C)C(c2ccc(F)cc2)c2ccc(F)cc2)O1. The quantitative estimate of drug-likeness (QED) is 0.286. The number of pyridine rings is 1. The summed E-state index contributed by atoms with van der Waals surface area (Å²) in [4.78, 5) is 17.5. The Balaban J connectivity index is 1.46. The maximum absolute atomic E-state index is 15.0. The summed E-state index contributed by atoms with van der Waals surface area (Å²) in [5.74, 6) is -2.37. The lowest BCUT2D eigenvalue weighted by molar-refractivity contribution is -0.119. The molecule has 4 rings (SSSR count). The normalized spacial score (nSPS) is 18.0. The Morgan fingerprint density at radius 3 is 2.20 bits per heavy atom. The zero-order valence-corrected chi connectivity index (χ0v) is 23.7. The van der Waals surface area contributed by atoms with Crippen molar-refractivity contribution in [3.8, 4) is 0 Å². The van der Waals surface area contributed by atoms with Gasteiger partial charge in [-0.2, -0.15) is 0 Å². The van der Waals surface area contributed by atoms with E-state index in [1.807, 2.05) is 0 Å². The van der Waals surface area contributed by atoms with Gasteiger partial charge in [0, 0.05) is 37.1 Å². The van der Waals surface area contributed by atoms with Crippen molar-refractivity contribution in [2.45, 2.75) is 51.7 Å². The molecule has 0 unspecified atom stereocenters. The molecule has 0 aliphatic carbocycles. The smallest absolute Gasteiger partial charge is 0.228 e. The monoisotopic (exact) mass is 569 g/mol. The topological polar surface area (TPSA) is 72.5 Å². The Morgan fingerprint density at radius 2 is 1.59 bits per heavy atom. The van der Waals surface area contributed by atoms with E-state index in [1.165, 1.54) is 30.5 Å². The van der Waals surface area contributed by atoms with Gasteiger partial charge in [0.1, 0.15) is 17.5 Å². The van der Waals surface area contributed by atoms with Crippen molar-refractivity contribution in [3.63, 3.8) is 0 Å². The van der Waals surface area contributed by atoms with Gasteiger partial charge in [0.15, 0.2) is 0 Å². The van der Waals surface area contributed by atoms with Crippen LogP contribution in [0.15, 0.2) is 60.9 Å². The maximum atomic E-state index is 15.0. The van der Waals surface area contributed by atoms with Gasteiger partial charge in [0.25, 0.3) is 0 Å². The summed E-state index contributed by atoms with van der Waals surface area (Å²) in [7, 11) is 0. The molecule has 0 radical (unpaired) electrons. The molecule has 3 atom stereocenters. The van der Waals surface area contributed by atoms with E-state index >= 15 is 0 Å². The van der Waals surface area contributed by atoms with Crippen LogP contribution in [0.4, 0.5) is 18.9 Å². The van der Waals surface area contributed by atoms with Crippen LogP contribution in [-0.4, -0.2) is 49.4 Å². The molecule has 1 saturated heterocycles. The molecule has 0 spiro atoms. The van der Waals surface area contributed by atoms with Crippen molar-refractivity contribution in [2.75, 3.05) is 31.6 Å². The summed E-state index contributed by atoms with van der Waals surface area (Å²) >= 11 is 0. The summed E-state index contributed by atoms with van der Waals surface area (Å²) < 4.78 is 54.2. The number of amides is 1. The van der Waals surface area contributed by atoms with Gasteiger partial charge < -0.3 is 20.1 Å². The van der Waals surface area contributed by atoms with E-state index in [4.69, 9.17) is 9.47 Å². The number of carbonyl (C=O) groups excluding carboxylic acids is 1. The first-order valence-electron chi connectivity index (χ1n) is 14.1. The molecule has 41 heavy (non-hydrogen) atoms. The first kappa shape index (κ1) is 30.7. The van der Waals surface area contributed by atoms with Crippen molar-refractivity contribution < 1.29 is 27.4 Å². The van der Waals surface area contributed by atoms with E-state index in [-0.39, 0.29) is 18.1 Å². The molecular weight excluding hydrogens is 531 g/mol. The predicted molar refractivity (Wildman–Crippen MR) is 152 cm³/mol. The molecule has 1 aliphatic heterocycles. The third kappa shape index (κ3) is 8.61. The Morgan fingerprint density at radius 1 is 0.976 bits per heavy atom. The second-order valence-corrected chi connectivity index (χ2v) is 11.0. The average Bonchev–Trinajstić information content (AvgIpc) is 2.95. The van der Waals surface area contributed by atoms with E-state index in [1.54, 1.807) is 31.2 Å². The molecule has 1 aliphatic rings. The van der Waals surface area contributed by atoms with Gasteiger partial charge >= 0.3 is 0 Å². The van der Waals surface area contributed by atoms with Crippen LogP contribution in [0.1, 0.15) is 49.8 Å². The van der Waals surface area contributed by atoms with Crippen molar-refractivity contribution in [2.24, 2.45) is 11.8 Å². The highest BCUT2D eigenvalue weighted by Crippen LogP contribution is 2.34. The lowest BCUT2D eigenvalue weighted by Gasteiger charge is -2.31. The summed E-state index contributed by atoms with van der Waals surface area (Å²) in [5, 5.41) is 6.22. The minimum absolute atomic E-state index is 0.0790. The van der Waals surface area contributed by atoms with E-state index in [0.717, 1.165) is 6.20 Å². The van der Waals surface area contributed by atoms with E-state index in [9.17, 15) is 18.0 Å². The minimum Gasteiger partial charge on any atom is -0.378 e. The van der Waals surface area contributed by atoms with Crippen LogP contribution in [0.2, 0.25) is 0 Å². The number of benzene rings is 2. The summed E-state index contributed by atoms with van der Waals surface area (Å²) in [5.41, 5.74) is 2.04. The van der Waals surface area contributed by atoms with E-state index in [0.29, 0.717) is 67.4 Å². The number of nitrogens with one attached hydrogen (secondary N) is 2. The van der Waals surface area contributed by atoms with Gasteiger partial charge in [-0.25, -0.2) is 13.2 Å². The third-order valence-electron chi connectivity index (χ3n) is 7.23. The Kier molecular flexibility index (Phi) is 10.9. The zero-order chi connectivity index (χ0) is 29.4. The van der Waals surface area contributed by atoms with Crippen molar-refractivity contribution in [1.82, 2.24) is 10.3 Å². The largest absolute Gasteiger partial charge is 0.378 e. The molecule has 2 N–H and O–H groups in total. The van der Waals surface area contributed by atoms with Gasteiger partial charge in [0.05, 0.1) is 36.9 Å². The van der Waals surface area contributed by atoms with Crippen LogP contribution < -0.4 is 10.6 Å². The molecule has 9 heteroatoms. The maximum Gasteiger partial charge on any atom is 0.228 e. The Hall–Kier alpha value is -3.27. The molecule has 2 heterocycles. The number of halogens is 3. The molecular formula is C32H38F3N3O3. The number of rotatable bonds is 12. The predicted octanol–water partition coefficient (Wildman–Crippen LogP) is 5.87. The van der Waals surface area contributed by atoms with Crippen LogP contribution in [-0.2, 0) is 20.7 Å². The fourth-order valence-corrected chi connectivity index (χ4v) is 5.11. The van der Waals surface area contributed by atoms with Gasteiger partial charge in [-0.05, 0) is 54.2 Å². The molecule has 2 aromatic carbocycles. The van der Waals surface area contributed by atoms with Gasteiger partial charge in [0.2, 0.25) is 5.91 Å². The highest BCUT2D eigenvalue weighted by atomic mass is 19.1. The third-order valence-corrected chi connectivity index (χ3v) is 7.23. The van der Waals surface area contributed by atoms with Crippen molar-refractivity contribution >= 4 is 11.6 Å². The number of hydrogen-bond acceptors (Lipinski definition) is 5. The first-order chi connectivity index (χ1) is 19.7. The number of morpholine rings is 1. The highest BCUT2D eigenvalue weighted by Gasteiger charge is 2.29. The first-order valence-corrected chi connectivity index (χ1v) is 14.1. The van der Waals surface area contributed by atoms with Crippen molar-refractivity contribution in [1.29, 1.82) is 0 Å². The molecule has 6 nitrogen and oxygen atoms in total. The molecule has 0 saturated carbocycles. The van der Waals surface area contributed by atoms with Crippen LogP contribution >= 0.6 is 0 Å². The number of carbonyl (C=O) groups is 1. The van der Waals surface area contributed by atoms with E-state index < -0.39 is 29.3 Å². The standard InChI is InChI=1S/C32H38F3N3O3/c1-20(2)18-40-19-27-15-36-14-26(41-27)12-13-28-29(35)16-37-17-30(28)38-32(39)21(3)31(22-4-8-24(33)9-5-22)23-6-10-25(34)11-7-23/h4-11,16-17,20-21,26-27,31,36H,12-15,18-19H2,1-3H3,(H,38,39)/t21-,26+,27-/m0/s1. The van der Waals surface area contributed by atoms with Crippen LogP contribution in [0.25, 0.3) is 0 Å². The number of anilines is 1. The summed E-state index contributed by atoms with van der Waals surface area (Å²) in [6.07, 6.45) is 3.25. The van der Waals surface area contributed by atoms with Crippen LogP contribution in [0.3, 0.4) is 0 Å². The average molecular weight is 570 g/mol. The second-order valence-electron chi connectivity index (χ2n) is 11.0. The molecule has 3 aromatic rings. The molecule has 1 fully saturated rings. The Bertz CT molecular complexity index is 1230. The highest BCUT2D eigenvalue weighted by molar-refractivity contribution is 5.93. The second kappa shape index (κ2) is 14.6. The molecule has 220 valence electrons.